The Hall–Kier alpha value is -5.74. The van der Waals surface area contributed by atoms with Crippen molar-refractivity contribution in [3.63, 3.8) is 0 Å². The maximum atomic E-state index is 14.1. The summed E-state index contributed by atoms with van der Waals surface area (Å²) in [6, 6.07) is 10.3. The van der Waals surface area contributed by atoms with Crippen molar-refractivity contribution in [3.05, 3.63) is 111 Å². The van der Waals surface area contributed by atoms with Crippen LogP contribution < -0.4 is 10.2 Å². The van der Waals surface area contributed by atoms with Crippen LogP contribution in [0.3, 0.4) is 0 Å². The molecule has 2 saturated heterocycles. The summed E-state index contributed by atoms with van der Waals surface area (Å²) in [6.45, 7) is 3.83. The van der Waals surface area contributed by atoms with Crippen molar-refractivity contribution in [2.45, 2.75) is 19.0 Å². The smallest absolute Gasteiger partial charge is 0.338 e. The second-order valence-electron chi connectivity index (χ2n) is 12.0. The van der Waals surface area contributed by atoms with Crippen molar-refractivity contribution >= 4 is 46.9 Å². The van der Waals surface area contributed by atoms with Crippen LogP contribution in [0.4, 0.5) is 15.0 Å². The van der Waals surface area contributed by atoms with Gasteiger partial charge >= 0.3 is 18.0 Å². The first-order valence-corrected chi connectivity index (χ1v) is 16.6. The molecule has 2 aromatic carbocycles. The average Bonchev–Trinajstić information content (AvgIpc) is 3.89. The molecule has 50 heavy (non-hydrogen) atoms. The zero-order valence-corrected chi connectivity index (χ0v) is 27.8. The number of methoxy groups -OCH3 is 1. The number of ether oxygens (including phenoxy) is 1. The third kappa shape index (κ3) is 6.14. The lowest BCUT2D eigenvalue weighted by Crippen LogP contribution is -2.53. The highest BCUT2D eigenvalue weighted by Crippen LogP contribution is 2.35. The van der Waals surface area contributed by atoms with Crippen molar-refractivity contribution < 1.29 is 33.4 Å². The molecule has 4 aromatic rings. The summed E-state index contributed by atoms with van der Waals surface area (Å²) >= 11 is 1.39. The zero-order chi connectivity index (χ0) is 35.1. The summed E-state index contributed by atoms with van der Waals surface area (Å²) in [5.74, 6) is -1.71. The number of piperazine rings is 1. The number of rotatable bonds is 8. The number of aryl methyl sites for hydroxylation is 1. The van der Waals surface area contributed by atoms with Gasteiger partial charge < -0.3 is 20.1 Å². The predicted octanol–water partition coefficient (Wildman–Crippen LogP) is 3.32. The Morgan fingerprint density at radius 2 is 1.86 bits per heavy atom. The Labute approximate surface area is 289 Å². The molecule has 0 unspecified atom stereocenters. The standard InChI is InChI=1S/C34H31FN8O6S/c1-19-15-22(35)7-8-24(19)28-27(33(47)49-2)25(37-29(38-28)30-36-10-14-50-30)18-40-12-13-41-23(16-40)17-42(34(41)48)26-9-11-43(39-26)31(44)20-3-5-21(6-4-20)32(45)46/h3-11,14-15,23,28H,12-13,16-18H2,1-2H3,(H,37,38)(H,45,46)/t23-,28-/m0/s1. The summed E-state index contributed by atoms with van der Waals surface area (Å²) in [5.41, 5.74) is 2.50. The summed E-state index contributed by atoms with van der Waals surface area (Å²) < 4.78 is 20.5. The van der Waals surface area contributed by atoms with Gasteiger partial charge in [0.05, 0.1) is 30.8 Å². The highest BCUT2D eigenvalue weighted by molar-refractivity contribution is 7.11. The van der Waals surface area contributed by atoms with E-state index in [0.29, 0.717) is 71.8 Å². The molecule has 2 aromatic heterocycles. The lowest BCUT2D eigenvalue weighted by atomic mass is 9.92. The number of thiazole rings is 1. The first kappa shape index (κ1) is 32.8. The Bertz CT molecular complexity index is 2060. The minimum atomic E-state index is -1.10. The molecule has 14 nitrogen and oxygen atoms in total. The minimum Gasteiger partial charge on any atom is -0.478 e. The molecule has 5 heterocycles. The number of anilines is 1. The van der Waals surface area contributed by atoms with Gasteiger partial charge in [-0.3, -0.25) is 19.6 Å². The van der Waals surface area contributed by atoms with Crippen LogP contribution in [-0.2, 0) is 9.53 Å². The van der Waals surface area contributed by atoms with Crippen LogP contribution in [0, 0.1) is 12.7 Å². The summed E-state index contributed by atoms with van der Waals surface area (Å²) in [7, 11) is 1.31. The summed E-state index contributed by atoms with van der Waals surface area (Å²) in [5, 5.41) is 19.3. The summed E-state index contributed by atoms with van der Waals surface area (Å²) in [4.78, 5) is 65.8. The predicted molar refractivity (Wildman–Crippen MR) is 180 cm³/mol. The molecule has 2 N–H and O–H groups in total. The highest BCUT2D eigenvalue weighted by atomic mass is 32.1. The molecule has 0 bridgehead atoms. The molecule has 0 saturated carbocycles. The molecule has 2 atom stereocenters. The number of esters is 1. The molecule has 3 aliphatic rings. The molecule has 256 valence electrons. The van der Waals surface area contributed by atoms with Gasteiger partial charge in [0.1, 0.15) is 11.9 Å². The van der Waals surface area contributed by atoms with E-state index in [0.717, 1.165) is 4.68 Å². The van der Waals surface area contributed by atoms with E-state index in [-0.39, 0.29) is 23.2 Å². The average molecular weight is 699 g/mol. The number of benzene rings is 2. The molecule has 0 radical (unpaired) electrons. The quantitative estimate of drug-likeness (QED) is 0.261. The Morgan fingerprint density at radius 3 is 2.56 bits per heavy atom. The maximum Gasteiger partial charge on any atom is 0.338 e. The largest absolute Gasteiger partial charge is 0.478 e. The molecule has 2 amide bonds. The number of nitrogens with one attached hydrogen (secondary N) is 1. The van der Waals surface area contributed by atoms with Gasteiger partial charge in [-0.2, -0.15) is 0 Å². The lowest BCUT2D eigenvalue weighted by Gasteiger charge is -2.38. The van der Waals surface area contributed by atoms with Crippen molar-refractivity contribution in [2.24, 2.45) is 4.99 Å². The maximum absolute atomic E-state index is 14.1. The van der Waals surface area contributed by atoms with Crippen LogP contribution in [0.15, 0.2) is 82.6 Å². The van der Waals surface area contributed by atoms with E-state index in [1.54, 1.807) is 30.2 Å². The van der Waals surface area contributed by atoms with Crippen LogP contribution in [0.2, 0.25) is 0 Å². The fraction of sp³-hybridized carbons (Fsp3) is 0.265. The molecule has 0 aliphatic carbocycles. The number of amidine groups is 1. The van der Waals surface area contributed by atoms with Crippen LogP contribution in [0.25, 0.3) is 0 Å². The van der Waals surface area contributed by atoms with Gasteiger partial charge in [0.15, 0.2) is 16.7 Å². The van der Waals surface area contributed by atoms with Gasteiger partial charge in [0.25, 0.3) is 5.91 Å². The second-order valence-corrected chi connectivity index (χ2v) is 12.9. The number of halogens is 1. The summed E-state index contributed by atoms with van der Waals surface area (Å²) in [6.07, 6.45) is 3.14. The molecule has 16 heteroatoms. The first-order valence-electron chi connectivity index (χ1n) is 15.7. The molecule has 0 spiro atoms. The van der Waals surface area contributed by atoms with Gasteiger partial charge in [-0.25, -0.2) is 28.4 Å². The number of carboxylic acid groups (broad SMARTS) is 1. The van der Waals surface area contributed by atoms with Gasteiger partial charge in [-0.1, -0.05) is 6.07 Å². The van der Waals surface area contributed by atoms with Crippen LogP contribution in [0.1, 0.15) is 42.9 Å². The van der Waals surface area contributed by atoms with E-state index in [9.17, 15) is 23.6 Å². The molecule has 3 aliphatic heterocycles. The molecule has 7 rings (SSSR count). The van der Waals surface area contributed by atoms with Crippen molar-refractivity contribution in [1.82, 2.24) is 29.9 Å². The Kier molecular flexibility index (Phi) is 8.71. The number of hydrogen-bond acceptors (Lipinski definition) is 11. The molecule has 2 fully saturated rings. The van der Waals surface area contributed by atoms with Crippen molar-refractivity contribution in [3.8, 4) is 0 Å². The number of carbonyl (C=O) groups excluding carboxylic acids is 3. The van der Waals surface area contributed by atoms with Gasteiger partial charge in [0.2, 0.25) is 0 Å². The number of hydrogen-bond donors (Lipinski definition) is 2. The number of nitrogens with zero attached hydrogens (tertiary/aromatic N) is 7. The number of aromatic carboxylic acids is 1. The molecular weight excluding hydrogens is 667 g/mol. The van der Waals surface area contributed by atoms with Crippen molar-refractivity contribution in [2.75, 3.05) is 44.7 Å². The fourth-order valence-electron chi connectivity index (χ4n) is 6.48. The number of carboxylic acids is 1. The normalized spacial score (nSPS) is 19.3. The van der Waals surface area contributed by atoms with E-state index in [1.807, 2.05) is 5.38 Å². The number of fused-ring (bicyclic) bond motifs is 1. The lowest BCUT2D eigenvalue weighted by molar-refractivity contribution is -0.136. The third-order valence-corrected chi connectivity index (χ3v) is 9.73. The first-order chi connectivity index (χ1) is 24.1. The molecular formula is C34H31FN8O6S. The zero-order valence-electron chi connectivity index (χ0n) is 26.9. The SMILES string of the molecule is COC(=O)C1=C(CN2CCN3C(=O)N(c4ccn(C(=O)c5ccc(C(=O)O)cc5)n4)C[C@@H]3C2)NC(c2nccs2)=N[C@H]1c1ccc(F)cc1C. The van der Waals surface area contributed by atoms with E-state index >= 15 is 0 Å². The number of urea groups is 1. The fourth-order valence-corrected chi connectivity index (χ4v) is 7.07. The second kappa shape index (κ2) is 13.3. The van der Waals surface area contributed by atoms with Crippen molar-refractivity contribution in [1.29, 1.82) is 0 Å². The number of aliphatic imine (C=N–C) groups is 1. The van der Waals surface area contributed by atoms with Crippen LogP contribution in [-0.4, -0.2) is 105 Å². The van der Waals surface area contributed by atoms with E-state index in [2.05, 4.69) is 20.3 Å². The van der Waals surface area contributed by atoms with E-state index in [4.69, 9.17) is 14.8 Å². The van der Waals surface area contributed by atoms with Gasteiger partial charge in [0, 0.05) is 61.3 Å². The highest BCUT2D eigenvalue weighted by Gasteiger charge is 2.43. The van der Waals surface area contributed by atoms with Gasteiger partial charge in [-0.05, 0) is 54.4 Å². The number of aromatic nitrogens is 3. The van der Waals surface area contributed by atoms with Crippen LogP contribution in [0.5, 0.6) is 0 Å². The van der Waals surface area contributed by atoms with Crippen LogP contribution >= 0.6 is 11.3 Å². The number of carbonyl (C=O) groups is 4. The minimum absolute atomic E-state index is 0.0593. The number of amides is 2. The van der Waals surface area contributed by atoms with Gasteiger partial charge in [-0.15, -0.1) is 16.4 Å². The topological polar surface area (TPSA) is 163 Å². The van der Waals surface area contributed by atoms with E-state index in [1.165, 1.54) is 65.9 Å². The Morgan fingerprint density at radius 1 is 1.08 bits per heavy atom. The Balaban J connectivity index is 1.11. The van der Waals surface area contributed by atoms with E-state index < -0.39 is 29.7 Å². The third-order valence-electron chi connectivity index (χ3n) is 8.95. The monoisotopic (exact) mass is 698 g/mol.